The first-order chi connectivity index (χ1) is 11.0. The van der Waals surface area contributed by atoms with Gasteiger partial charge in [-0.1, -0.05) is 98.1 Å². The quantitative estimate of drug-likeness (QED) is 0.596. The first kappa shape index (κ1) is 22.6. The van der Waals surface area contributed by atoms with Gasteiger partial charge in [-0.3, -0.25) is 0 Å². The van der Waals surface area contributed by atoms with Crippen LogP contribution in [0.15, 0.2) is 30.3 Å². The Bertz CT molecular complexity index is 529. The Kier molecular flexibility index (Phi) is 6.60. The number of nitrogens with zero attached hydrogens (tertiary/aromatic N) is 1. The van der Waals surface area contributed by atoms with Crippen molar-refractivity contribution in [1.29, 1.82) is 0 Å². The fourth-order valence-electron chi connectivity index (χ4n) is 3.51. The monoisotopic (exact) mass is 379 g/mol. The predicted molar refractivity (Wildman–Crippen MR) is 117 cm³/mol. The third kappa shape index (κ3) is 4.46. The van der Waals surface area contributed by atoms with Gasteiger partial charge >= 0.3 is 0 Å². The molecule has 0 spiro atoms. The molecule has 2 unspecified atom stereocenters. The summed E-state index contributed by atoms with van der Waals surface area (Å²) in [6, 6.07) is 10.3. The van der Waals surface area contributed by atoms with Crippen LogP contribution in [0.25, 0.3) is 0 Å². The standard InChI is InChI=1S/C21H41NOSi2/c1-17(19(23)18-15-13-12-14-16-18)22(24(8,9)20(2,3)4)25(10,11)21(5,6)7/h12-17,19,23H,1-11H3. The molecule has 0 amide bonds. The van der Waals surface area contributed by atoms with Crippen molar-refractivity contribution >= 4 is 16.5 Å². The molecule has 0 bridgehead atoms. The van der Waals surface area contributed by atoms with Gasteiger partial charge in [0.2, 0.25) is 0 Å². The van der Waals surface area contributed by atoms with E-state index >= 15 is 0 Å². The largest absolute Gasteiger partial charge is 0.387 e. The molecule has 1 N–H and O–H groups in total. The lowest BCUT2D eigenvalue weighted by Crippen LogP contribution is -2.71. The van der Waals surface area contributed by atoms with Gasteiger partial charge in [0.1, 0.15) is 16.5 Å². The van der Waals surface area contributed by atoms with Crippen LogP contribution in [-0.4, -0.2) is 31.9 Å². The van der Waals surface area contributed by atoms with Crippen LogP contribution in [0, 0.1) is 0 Å². The number of hydrogen-bond donors (Lipinski definition) is 1. The molecule has 0 heterocycles. The zero-order valence-corrected chi connectivity index (χ0v) is 20.4. The third-order valence-corrected chi connectivity index (χ3v) is 20.8. The molecule has 0 saturated heterocycles. The molecule has 1 aromatic carbocycles. The van der Waals surface area contributed by atoms with Crippen LogP contribution in [0.3, 0.4) is 0 Å². The second-order valence-corrected chi connectivity index (χ2v) is 21.2. The minimum Gasteiger partial charge on any atom is -0.387 e. The summed E-state index contributed by atoms with van der Waals surface area (Å²) in [5.41, 5.74) is 1.03. The average Bonchev–Trinajstić information content (AvgIpc) is 2.44. The van der Waals surface area contributed by atoms with E-state index in [1.165, 1.54) is 0 Å². The summed E-state index contributed by atoms with van der Waals surface area (Å²) < 4.78 is 2.83. The van der Waals surface area contributed by atoms with Crippen LogP contribution in [0.4, 0.5) is 0 Å². The molecule has 0 aliphatic carbocycles. The molecule has 0 radical (unpaired) electrons. The van der Waals surface area contributed by atoms with E-state index in [9.17, 15) is 5.11 Å². The van der Waals surface area contributed by atoms with Crippen molar-refractivity contribution in [2.24, 2.45) is 0 Å². The predicted octanol–water partition coefficient (Wildman–Crippen LogP) is 6.42. The molecule has 1 aromatic rings. The van der Waals surface area contributed by atoms with Gasteiger partial charge in [-0.05, 0) is 22.6 Å². The summed E-state index contributed by atoms with van der Waals surface area (Å²) in [6.07, 6.45) is -0.454. The van der Waals surface area contributed by atoms with E-state index in [0.29, 0.717) is 0 Å². The maximum Gasteiger partial charge on any atom is 0.121 e. The zero-order valence-electron chi connectivity index (χ0n) is 18.4. The van der Waals surface area contributed by atoms with Gasteiger partial charge in [0.15, 0.2) is 0 Å². The molecule has 2 atom stereocenters. The van der Waals surface area contributed by atoms with E-state index in [4.69, 9.17) is 0 Å². The van der Waals surface area contributed by atoms with Gasteiger partial charge in [-0.15, -0.1) is 0 Å². The Hall–Kier alpha value is -0.426. The molecule has 0 aliphatic rings. The Labute approximate surface area is 158 Å². The van der Waals surface area contributed by atoms with Crippen molar-refractivity contribution in [1.82, 2.24) is 4.23 Å². The van der Waals surface area contributed by atoms with Crippen molar-refractivity contribution in [3.63, 3.8) is 0 Å². The molecule has 2 nitrogen and oxygen atoms in total. The fraction of sp³-hybridized carbons (Fsp3) is 0.714. The SMILES string of the molecule is CC(C(O)c1ccccc1)N([Si](C)(C)C(C)(C)C)[Si](C)(C)C(C)(C)C. The molecule has 1 rings (SSSR count). The summed E-state index contributed by atoms with van der Waals surface area (Å²) in [5, 5.41) is 11.7. The first-order valence-corrected chi connectivity index (χ1v) is 15.5. The lowest BCUT2D eigenvalue weighted by molar-refractivity contribution is 0.115. The number of rotatable bonds is 5. The molecular formula is C21H41NOSi2. The minimum absolute atomic E-state index is 0.115. The van der Waals surface area contributed by atoms with Crippen LogP contribution in [-0.2, 0) is 0 Å². The van der Waals surface area contributed by atoms with E-state index in [0.717, 1.165) is 5.56 Å². The lowest BCUT2D eigenvalue weighted by Gasteiger charge is -2.60. The second kappa shape index (κ2) is 7.30. The topological polar surface area (TPSA) is 23.5 Å². The second-order valence-electron chi connectivity index (χ2n) is 10.6. The number of hydrogen-bond acceptors (Lipinski definition) is 2. The normalized spacial score (nSPS) is 16.8. The molecule has 0 aromatic heterocycles. The molecule has 144 valence electrons. The number of aliphatic hydroxyl groups excluding tert-OH is 1. The Balaban J connectivity index is 3.47. The Morgan fingerprint density at radius 1 is 0.800 bits per heavy atom. The molecule has 0 fully saturated rings. The van der Waals surface area contributed by atoms with Crippen molar-refractivity contribution in [3.8, 4) is 0 Å². The summed E-state index contributed by atoms with van der Waals surface area (Å²) in [5.74, 6) is 0. The summed E-state index contributed by atoms with van der Waals surface area (Å²) in [6.45, 7) is 26.4. The Morgan fingerprint density at radius 2 is 1.16 bits per heavy atom. The highest BCUT2D eigenvalue weighted by atomic mass is 28.4. The van der Waals surface area contributed by atoms with Gasteiger partial charge in [0.05, 0.1) is 6.10 Å². The zero-order chi connectivity index (χ0) is 19.8. The van der Waals surface area contributed by atoms with Crippen molar-refractivity contribution in [3.05, 3.63) is 35.9 Å². The molecule has 4 heteroatoms. The average molecular weight is 380 g/mol. The number of benzene rings is 1. The smallest absolute Gasteiger partial charge is 0.121 e. The van der Waals surface area contributed by atoms with Crippen LogP contribution in [0.5, 0.6) is 0 Å². The lowest BCUT2D eigenvalue weighted by atomic mass is 10.0. The highest BCUT2D eigenvalue weighted by Crippen LogP contribution is 2.49. The highest BCUT2D eigenvalue weighted by molar-refractivity contribution is 6.93. The van der Waals surface area contributed by atoms with Crippen LogP contribution >= 0.6 is 0 Å². The highest BCUT2D eigenvalue weighted by Gasteiger charge is 2.54. The molecule has 0 aliphatic heterocycles. The Morgan fingerprint density at radius 3 is 1.48 bits per heavy atom. The maximum absolute atomic E-state index is 11.2. The van der Waals surface area contributed by atoms with Crippen molar-refractivity contribution < 1.29 is 5.11 Å². The summed E-state index contributed by atoms with van der Waals surface area (Å²) in [4.78, 5) is 0. The van der Waals surface area contributed by atoms with E-state index in [2.05, 4.69) is 91.0 Å². The fourth-order valence-corrected chi connectivity index (χ4v) is 14.9. The van der Waals surface area contributed by atoms with Crippen LogP contribution < -0.4 is 0 Å². The van der Waals surface area contributed by atoms with E-state index in [1.807, 2.05) is 18.2 Å². The van der Waals surface area contributed by atoms with Crippen molar-refractivity contribution in [2.45, 2.75) is 96.9 Å². The van der Waals surface area contributed by atoms with Crippen LogP contribution in [0.2, 0.25) is 36.3 Å². The first-order valence-electron chi connectivity index (χ1n) is 9.57. The van der Waals surface area contributed by atoms with Gasteiger partial charge in [-0.2, -0.15) is 0 Å². The van der Waals surface area contributed by atoms with Gasteiger partial charge in [0.25, 0.3) is 0 Å². The molecular weight excluding hydrogens is 338 g/mol. The van der Waals surface area contributed by atoms with Crippen LogP contribution in [0.1, 0.15) is 60.1 Å². The van der Waals surface area contributed by atoms with Gasteiger partial charge in [0, 0.05) is 6.04 Å². The molecule has 0 saturated carbocycles. The minimum atomic E-state index is -1.80. The van der Waals surface area contributed by atoms with E-state index < -0.39 is 22.6 Å². The number of aliphatic hydroxyl groups is 1. The summed E-state index contributed by atoms with van der Waals surface area (Å²) >= 11 is 0. The van der Waals surface area contributed by atoms with Crippen molar-refractivity contribution in [2.75, 3.05) is 0 Å². The maximum atomic E-state index is 11.2. The molecule has 25 heavy (non-hydrogen) atoms. The van der Waals surface area contributed by atoms with Gasteiger partial charge in [-0.25, -0.2) is 0 Å². The van der Waals surface area contributed by atoms with E-state index in [-0.39, 0.29) is 16.1 Å². The third-order valence-electron chi connectivity index (χ3n) is 6.88. The van der Waals surface area contributed by atoms with E-state index in [1.54, 1.807) is 0 Å². The summed E-state index contributed by atoms with van der Waals surface area (Å²) in [7, 11) is -3.61. The van der Waals surface area contributed by atoms with Gasteiger partial charge < -0.3 is 9.34 Å².